The van der Waals surface area contributed by atoms with Crippen LogP contribution >= 0.6 is 31.9 Å². The first-order valence-electron chi connectivity index (χ1n) is 4.20. The Morgan fingerprint density at radius 1 is 1.53 bits per heavy atom. The van der Waals surface area contributed by atoms with E-state index in [0.29, 0.717) is 12.1 Å². The minimum absolute atomic E-state index is 0.0904. The number of carbonyl (C=O) groups is 1. The first-order valence-corrected chi connectivity index (χ1v) is 5.79. The summed E-state index contributed by atoms with van der Waals surface area (Å²) in [5.74, 6) is 2.34. The van der Waals surface area contributed by atoms with Crippen molar-refractivity contribution in [3.8, 4) is 12.3 Å². The largest absolute Gasteiger partial charge is 0.331 e. The van der Waals surface area contributed by atoms with Gasteiger partial charge >= 0.3 is 0 Å². The molecule has 1 amide bonds. The van der Waals surface area contributed by atoms with Gasteiger partial charge in [0.1, 0.15) is 0 Å². The van der Waals surface area contributed by atoms with Gasteiger partial charge in [0, 0.05) is 16.0 Å². The second-order valence-corrected chi connectivity index (χ2v) is 4.76. The van der Waals surface area contributed by atoms with Gasteiger partial charge in [-0.1, -0.05) is 21.9 Å². The summed E-state index contributed by atoms with van der Waals surface area (Å²) in [6.07, 6.45) is 5.14. The fraction of sp³-hybridized carbons (Fsp3) is 0.182. The number of nitrogens with zero attached hydrogens (tertiary/aromatic N) is 1. The van der Waals surface area contributed by atoms with Crippen molar-refractivity contribution in [2.75, 3.05) is 13.6 Å². The maximum Gasteiger partial charge on any atom is 0.255 e. The molecule has 0 unspecified atom stereocenters. The summed E-state index contributed by atoms with van der Waals surface area (Å²) >= 11 is 6.66. The average Bonchev–Trinajstić information content (AvgIpc) is 2.17. The van der Waals surface area contributed by atoms with Crippen LogP contribution in [-0.2, 0) is 0 Å². The standard InChI is InChI=1S/C11H9Br2NO/c1-3-6-14(2)11(15)9-5-4-8(12)7-10(9)13/h1,4-5,7H,6H2,2H3. The summed E-state index contributed by atoms with van der Waals surface area (Å²) in [5, 5.41) is 0. The summed E-state index contributed by atoms with van der Waals surface area (Å²) < 4.78 is 1.68. The van der Waals surface area contributed by atoms with Crippen LogP contribution in [0.1, 0.15) is 10.4 Å². The SMILES string of the molecule is C#CCN(C)C(=O)c1ccc(Br)cc1Br. The Hall–Kier alpha value is -0.790. The molecule has 4 heteroatoms. The number of terminal acetylenes is 1. The van der Waals surface area contributed by atoms with Gasteiger partial charge in [-0.3, -0.25) is 4.79 Å². The molecular formula is C11H9Br2NO. The van der Waals surface area contributed by atoms with Gasteiger partial charge in [0.05, 0.1) is 12.1 Å². The summed E-state index contributed by atoms with van der Waals surface area (Å²) in [6, 6.07) is 5.40. The predicted molar refractivity (Wildman–Crippen MR) is 67.6 cm³/mol. The van der Waals surface area contributed by atoms with E-state index in [9.17, 15) is 4.79 Å². The van der Waals surface area contributed by atoms with Crippen LogP contribution in [-0.4, -0.2) is 24.4 Å². The lowest BCUT2D eigenvalue weighted by Crippen LogP contribution is -2.27. The van der Waals surface area contributed by atoms with Gasteiger partial charge in [0.15, 0.2) is 0 Å². The molecule has 0 spiro atoms. The molecule has 0 heterocycles. The van der Waals surface area contributed by atoms with Crippen LogP contribution in [0, 0.1) is 12.3 Å². The van der Waals surface area contributed by atoms with Crippen LogP contribution in [0.15, 0.2) is 27.1 Å². The minimum Gasteiger partial charge on any atom is -0.331 e. The molecule has 0 saturated heterocycles. The number of hydrogen-bond acceptors (Lipinski definition) is 1. The van der Waals surface area contributed by atoms with Gasteiger partial charge in [-0.2, -0.15) is 0 Å². The van der Waals surface area contributed by atoms with Crippen molar-refractivity contribution >= 4 is 37.8 Å². The Morgan fingerprint density at radius 2 is 2.20 bits per heavy atom. The molecule has 0 radical (unpaired) electrons. The number of benzene rings is 1. The fourth-order valence-electron chi connectivity index (χ4n) is 1.08. The lowest BCUT2D eigenvalue weighted by atomic mass is 10.2. The third-order valence-corrected chi connectivity index (χ3v) is 2.99. The Morgan fingerprint density at radius 3 is 2.73 bits per heavy atom. The van der Waals surface area contributed by atoms with Crippen LogP contribution < -0.4 is 0 Å². The number of rotatable bonds is 2. The van der Waals surface area contributed by atoms with Gasteiger partial charge in [-0.25, -0.2) is 0 Å². The van der Waals surface area contributed by atoms with E-state index < -0.39 is 0 Å². The zero-order valence-corrected chi connectivity index (χ0v) is 11.3. The highest BCUT2D eigenvalue weighted by molar-refractivity contribution is 9.11. The molecule has 0 aliphatic rings. The highest BCUT2D eigenvalue weighted by atomic mass is 79.9. The van der Waals surface area contributed by atoms with Crippen LogP contribution in [0.4, 0.5) is 0 Å². The Labute approximate surface area is 106 Å². The molecule has 0 fully saturated rings. The van der Waals surface area contributed by atoms with Crippen molar-refractivity contribution in [2.45, 2.75) is 0 Å². The monoisotopic (exact) mass is 329 g/mol. The van der Waals surface area contributed by atoms with Crippen molar-refractivity contribution in [2.24, 2.45) is 0 Å². The van der Waals surface area contributed by atoms with E-state index >= 15 is 0 Å². The van der Waals surface area contributed by atoms with Gasteiger partial charge in [-0.05, 0) is 34.1 Å². The van der Waals surface area contributed by atoms with Crippen molar-refractivity contribution in [1.29, 1.82) is 0 Å². The smallest absolute Gasteiger partial charge is 0.255 e. The zero-order chi connectivity index (χ0) is 11.4. The molecule has 1 aromatic rings. The summed E-state index contributed by atoms with van der Waals surface area (Å²) in [7, 11) is 1.68. The number of hydrogen-bond donors (Lipinski definition) is 0. The maximum absolute atomic E-state index is 11.9. The average molecular weight is 331 g/mol. The fourth-order valence-corrected chi connectivity index (χ4v) is 2.29. The molecule has 0 N–H and O–H groups in total. The quantitative estimate of drug-likeness (QED) is 0.763. The third-order valence-electron chi connectivity index (χ3n) is 1.84. The van der Waals surface area contributed by atoms with Crippen LogP contribution in [0.2, 0.25) is 0 Å². The predicted octanol–water partition coefficient (Wildman–Crippen LogP) is 2.92. The number of amides is 1. The Balaban J connectivity index is 2.97. The van der Waals surface area contributed by atoms with Gasteiger partial charge in [-0.15, -0.1) is 6.42 Å². The van der Waals surface area contributed by atoms with E-state index in [1.807, 2.05) is 12.1 Å². The molecule has 78 valence electrons. The normalized spacial score (nSPS) is 9.47. The van der Waals surface area contributed by atoms with E-state index in [0.717, 1.165) is 8.95 Å². The van der Waals surface area contributed by atoms with Crippen molar-refractivity contribution in [1.82, 2.24) is 4.90 Å². The van der Waals surface area contributed by atoms with Crippen LogP contribution in [0.5, 0.6) is 0 Å². The summed E-state index contributed by atoms with van der Waals surface area (Å²) in [4.78, 5) is 13.3. The molecule has 0 saturated carbocycles. The van der Waals surface area contributed by atoms with Crippen molar-refractivity contribution in [3.63, 3.8) is 0 Å². The molecule has 0 bridgehead atoms. The second kappa shape index (κ2) is 5.34. The topological polar surface area (TPSA) is 20.3 Å². The number of carbonyl (C=O) groups excluding carboxylic acids is 1. The molecule has 15 heavy (non-hydrogen) atoms. The van der Waals surface area contributed by atoms with Gasteiger partial charge in [0.25, 0.3) is 5.91 Å². The molecule has 0 aliphatic carbocycles. The van der Waals surface area contributed by atoms with Gasteiger partial charge in [0.2, 0.25) is 0 Å². The van der Waals surface area contributed by atoms with Crippen LogP contribution in [0.25, 0.3) is 0 Å². The lowest BCUT2D eigenvalue weighted by molar-refractivity contribution is 0.0811. The van der Waals surface area contributed by atoms with E-state index in [1.54, 1.807) is 13.1 Å². The highest BCUT2D eigenvalue weighted by Gasteiger charge is 2.13. The Bertz CT molecular complexity index is 423. The summed E-state index contributed by atoms with van der Waals surface area (Å²) in [5.41, 5.74) is 0.607. The second-order valence-electron chi connectivity index (χ2n) is 2.99. The maximum atomic E-state index is 11.9. The molecular weight excluding hydrogens is 322 g/mol. The first kappa shape index (κ1) is 12.3. The van der Waals surface area contributed by atoms with E-state index in [-0.39, 0.29) is 5.91 Å². The van der Waals surface area contributed by atoms with E-state index in [4.69, 9.17) is 6.42 Å². The van der Waals surface area contributed by atoms with E-state index in [2.05, 4.69) is 37.8 Å². The Kier molecular flexibility index (Phi) is 4.37. The summed E-state index contributed by atoms with van der Waals surface area (Å²) in [6.45, 7) is 0.307. The molecule has 0 aromatic heterocycles. The van der Waals surface area contributed by atoms with Crippen LogP contribution in [0.3, 0.4) is 0 Å². The highest BCUT2D eigenvalue weighted by Crippen LogP contribution is 2.22. The molecule has 1 aromatic carbocycles. The van der Waals surface area contributed by atoms with E-state index in [1.165, 1.54) is 4.90 Å². The first-order chi connectivity index (χ1) is 7.06. The third kappa shape index (κ3) is 3.08. The van der Waals surface area contributed by atoms with Gasteiger partial charge < -0.3 is 4.90 Å². The molecule has 0 aliphatic heterocycles. The number of halogens is 2. The molecule has 2 nitrogen and oxygen atoms in total. The van der Waals surface area contributed by atoms with Crippen molar-refractivity contribution < 1.29 is 4.79 Å². The van der Waals surface area contributed by atoms with Crippen molar-refractivity contribution in [3.05, 3.63) is 32.7 Å². The minimum atomic E-state index is -0.0904. The zero-order valence-electron chi connectivity index (χ0n) is 8.13. The molecule has 0 atom stereocenters. The lowest BCUT2D eigenvalue weighted by Gasteiger charge is -2.14. The molecule has 1 rings (SSSR count).